The van der Waals surface area contributed by atoms with E-state index in [2.05, 4.69) is 40.3 Å². The SMILES string of the molecule is CN(C)CCn1cc2c(n1)CNCC2. The molecule has 14 heavy (non-hydrogen) atoms. The van der Waals surface area contributed by atoms with Crippen LogP contribution in [0.5, 0.6) is 0 Å². The molecule has 0 saturated heterocycles. The Morgan fingerprint density at radius 3 is 3.14 bits per heavy atom. The Bertz CT molecular complexity index is 280. The molecule has 78 valence electrons. The van der Waals surface area contributed by atoms with Crippen LogP contribution in [0, 0.1) is 0 Å². The molecule has 0 unspecified atom stereocenters. The van der Waals surface area contributed by atoms with Crippen molar-refractivity contribution in [2.24, 2.45) is 0 Å². The molecule has 1 N–H and O–H groups in total. The molecule has 4 nitrogen and oxygen atoms in total. The highest BCUT2D eigenvalue weighted by atomic mass is 15.3. The highest BCUT2D eigenvalue weighted by molar-refractivity contribution is 5.19. The van der Waals surface area contributed by atoms with E-state index in [1.807, 2.05) is 0 Å². The zero-order valence-electron chi connectivity index (χ0n) is 8.95. The van der Waals surface area contributed by atoms with Crippen molar-refractivity contribution in [2.45, 2.75) is 19.5 Å². The minimum Gasteiger partial charge on any atom is -0.311 e. The van der Waals surface area contributed by atoms with Gasteiger partial charge in [-0.3, -0.25) is 4.68 Å². The highest BCUT2D eigenvalue weighted by Gasteiger charge is 2.12. The smallest absolute Gasteiger partial charge is 0.0794 e. The maximum Gasteiger partial charge on any atom is 0.0794 e. The molecule has 1 aliphatic heterocycles. The molecule has 0 aromatic carbocycles. The van der Waals surface area contributed by atoms with Crippen LogP contribution in [0.15, 0.2) is 6.20 Å². The lowest BCUT2D eigenvalue weighted by Crippen LogP contribution is -2.23. The number of rotatable bonds is 3. The lowest BCUT2D eigenvalue weighted by atomic mass is 10.1. The van der Waals surface area contributed by atoms with Crippen LogP contribution in [0.4, 0.5) is 0 Å². The number of likely N-dealkylation sites (N-methyl/N-ethyl adjacent to an activating group) is 1. The molecule has 2 rings (SSSR count). The summed E-state index contributed by atoms with van der Waals surface area (Å²) in [5.41, 5.74) is 2.65. The summed E-state index contributed by atoms with van der Waals surface area (Å²) in [6.07, 6.45) is 3.32. The van der Waals surface area contributed by atoms with Gasteiger partial charge >= 0.3 is 0 Å². The quantitative estimate of drug-likeness (QED) is 0.740. The molecule has 0 fully saturated rings. The van der Waals surface area contributed by atoms with E-state index in [-0.39, 0.29) is 0 Å². The molecule has 0 saturated carbocycles. The standard InChI is InChI=1S/C10H18N4/c1-13(2)5-6-14-8-9-3-4-11-7-10(9)12-14/h8,11H,3-7H2,1-2H3. The Kier molecular flexibility index (Phi) is 2.84. The van der Waals surface area contributed by atoms with E-state index in [0.717, 1.165) is 32.6 Å². The zero-order valence-corrected chi connectivity index (χ0v) is 8.95. The molecule has 0 spiro atoms. The largest absolute Gasteiger partial charge is 0.311 e. The molecule has 0 aliphatic carbocycles. The number of nitrogens with zero attached hydrogens (tertiary/aromatic N) is 3. The maximum atomic E-state index is 4.55. The summed E-state index contributed by atoms with van der Waals surface area (Å²) in [6, 6.07) is 0. The number of aromatic nitrogens is 2. The van der Waals surface area contributed by atoms with Gasteiger partial charge in [0.15, 0.2) is 0 Å². The van der Waals surface area contributed by atoms with Crippen LogP contribution in [0.1, 0.15) is 11.3 Å². The minimum absolute atomic E-state index is 0.935. The fourth-order valence-corrected chi connectivity index (χ4v) is 1.71. The van der Waals surface area contributed by atoms with Crippen LogP contribution in [0.2, 0.25) is 0 Å². The van der Waals surface area contributed by atoms with Crippen molar-refractivity contribution in [3.63, 3.8) is 0 Å². The van der Waals surface area contributed by atoms with Gasteiger partial charge in [0.05, 0.1) is 12.2 Å². The molecule has 1 aliphatic rings. The van der Waals surface area contributed by atoms with Crippen molar-refractivity contribution in [3.05, 3.63) is 17.5 Å². The van der Waals surface area contributed by atoms with E-state index in [9.17, 15) is 0 Å². The number of hydrogen-bond acceptors (Lipinski definition) is 3. The van der Waals surface area contributed by atoms with Crippen molar-refractivity contribution in [1.82, 2.24) is 20.0 Å². The molecule has 2 heterocycles. The van der Waals surface area contributed by atoms with Crippen molar-refractivity contribution in [3.8, 4) is 0 Å². The third kappa shape index (κ3) is 2.13. The maximum absolute atomic E-state index is 4.55. The Balaban J connectivity index is 2.01. The van der Waals surface area contributed by atoms with E-state index in [0.29, 0.717) is 0 Å². The second kappa shape index (κ2) is 4.11. The fraction of sp³-hybridized carbons (Fsp3) is 0.700. The molecule has 1 aromatic heterocycles. The second-order valence-electron chi connectivity index (χ2n) is 4.09. The molecular weight excluding hydrogens is 176 g/mol. The molecule has 0 bridgehead atoms. The highest BCUT2D eigenvalue weighted by Crippen LogP contribution is 2.10. The van der Waals surface area contributed by atoms with Crippen LogP contribution in [-0.4, -0.2) is 41.9 Å². The van der Waals surface area contributed by atoms with Gasteiger partial charge in [0.25, 0.3) is 0 Å². The summed E-state index contributed by atoms with van der Waals surface area (Å²) in [5.74, 6) is 0. The predicted molar refractivity (Wildman–Crippen MR) is 56.2 cm³/mol. The van der Waals surface area contributed by atoms with Gasteiger partial charge < -0.3 is 10.2 Å². The Labute approximate surface area is 84.9 Å². The van der Waals surface area contributed by atoms with E-state index in [1.54, 1.807) is 0 Å². The van der Waals surface area contributed by atoms with Gasteiger partial charge in [0.1, 0.15) is 0 Å². The van der Waals surface area contributed by atoms with Gasteiger partial charge in [-0.15, -0.1) is 0 Å². The summed E-state index contributed by atoms with van der Waals surface area (Å²) in [5, 5.41) is 7.88. The van der Waals surface area contributed by atoms with E-state index in [4.69, 9.17) is 0 Å². The summed E-state index contributed by atoms with van der Waals surface area (Å²) in [4.78, 5) is 2.18. The first-order chi connectivity index (χ1) is 6.75. The molecular formula is C10H18N4. The fourth-order valence-electron chi connectivity index (χ4n) is 1.71. The van der Waals surface area contributed by atoms with Gasteiger partial charge in [-0.05, 0) is 32.6 Å². The third-order valence-electron chi connectivity index (χ3n) is 2.56. The first-order valence-electron chi connectivity index (χ1n) is 5.16. The molecule has 0 amide bonds. The average Bonchev–Trinajstić information content (AvgIpc) is 2.57. The molecule has 0 atom stereocenters. The van der Waals surface area contributed by atoms with Crippen molar-refractivity contribution in [1.29, 1.82) is 0 Å². The Morgan fingerprint density at radius 1 is 1.57 bits per heavy atom. The molecule has 1 aromatic rings. The van der Waals surface area contributed by atoms with Crippen LogP contribution in [0.25, 0.3) is 0 Å². The predicted octanol–water partition coefficient (Wildman–Crippen LogP) is 0.0904. The van der Waals surface area contributed by atoms with E-state index < -0.39 is 0 Å². The number of fused-ring (bicyclic) bond motifs is 1. The third-order valence-corrected chi connectivity index (χ3v) is 2.56. The molecule has 0 radical (unpaired) electrons. The van der Waals surface area contributed by atoms with Crippen molar-refractivity contribution in [2.75, 3.05) is 27.2 Å². The first-order valence-corrected chi connectivity index (χ1v) is 5.16. The summed E-state index contributed by atoms with van der Waals surface area (Å²) in [6.45, 7) is 4.06. The van der Waals surface area contributed by atoms with Gasteiger partial charge in [0.2, 0.25) is 0 Å². The van der Waals surface area contributed by atoms with Gasteiger partial charge in [0, 0.05) is 19.3 Å². The van der Waals surface area contributed by atoms with E-state index >= 15 is 0 Å². The van der Waals surface area contributed by atoms with Crippen LogP contribution in [-0.2, 0) is 19.5 Å². The lowest BCUT2D eigenvalue weighted by Gasteiger charge is -2.09. The second-order valence-corrected chi connectivity index (χ2v) is 4.09. The summed E-state index contributed by atoms with van der Waals surface area (Å²) >= 11 is 0. The first kappa shape index (κ1) is 9.68. The van der Waals surface area contributed by atoms with Gasteiger partial charge in [-0.1, -0.05) is 0 Å². The monoisotopic (exact) mass is 194 g/mol. The van der Waals surface area contributed by atoms with Crippen molar-refractivity contribution < 1.29 is 0 Å². The van der Waals surface area contributed by atoms with Crippen LogP contribution in [0.3, 0.4) is 0 Å². The zero-order chi connectivity index (χ0) is 9.97. The van der Waals surface area contributed by atoms with Crippen LogP contribution >= 0.6 is 0 Å². The molecule has 4 heteroatoms. The normalized spacial score (nSPS) is 15.9. The van der Waals surface area contributed by atoms with Gasteiger partial charge in [-0.2, -0.15) is 5.10 Å². The number of nitrogens with one attached hydrogen (secondary N) is 1. The Morgan fingerprint density at radius 2 is 2.43 bits per heavy atom. The topological polar surface area (TPSA) is 33.1 Å². The Hall–Kier alpha value is -0.870. The van der Waals surface area contributed by atoms with Gasteiger partial charge in [-0.25, -0.2) is 0 Å². The van der Waals surface area contributed by atoms with E-state index in [1.165, 1.54) is 11.3 Å². The lowest BCUT2D eigenvalue weighted by molar-refractivity contribution is 0.372. The number of hydrogen-bond donors (Lipinski definition) is 1. The minimum atomic E-state index is 0.935. The van der Waals surface area contributed by atoms with Crippen LogP contribution < -0.4 is 5.32 Å². The summed E-state index contributed by atoms with van der Waals surface area (Å²) < 4.78 is 2.07. The summed E-state index contributed by atoms with van der Waals surface area (Å²) in [7, 11) is 4.18. The average molecular weight is 194 g/mol. The van der Waals surface area contributed by atoms with Crippen molar-refractivity contribution >= 4 is 0 Å².